The molecule has 8 heteroatoms. The van der Waals surface area contributed by atoms with Crippen molar-refractivity contribution in [3.05, 3.63) is 89.2 Å². The summed E-state index contributed by atoms with van der Waals surface area (Å²) < 4.78 is 28.0. The smallest absolute Gasteiger partial charge is 0.264 e. The van der Waals surface area contributed by atoms with Gasteiger partial charge in [-0.1, -0.05) is 35.9 Å². The summed E-state index contributed by atoms with van der Waals surface area (Å²) in [5, 5.41) is 3.89. The number of amides is 1. The average molecular weight is 437 g/mol. The topological polar surface area (TPSA) is 91.7 Å². The number of anilines is 1. The number of nitrogens with zero attached hydrogens (tertiary/aromatic N) is 3. The summed E-state index contributed by atoms with van der Waals surface area (Å²) in [5.74, 6) is -0.566. The molecule has 0 radical (unpaired) electrons. The average Bonchev–Trinajstić information content (AvgIpc) is 2.75. The molecule has 7 nitrogen and oxygen atoms in total. The number of carbonyl (C=O) groups is 1. The van der Waals surface area contributed by atoms with Crippen LogP contribution in [0.5, 0.6) is 0 Å². The van der Waals surface area contributed by atoms with Gasteiger partial charge in [0.05, 0.1) is 22.5 Å². The Bertz CT molecular complexity index is 1190. The number of hydrogen-bond acceptors (Lipinski definition) is 5. The minimum atomic E-state index is -3.97. The number of aromatic nitrogens is 1. The first-order valence-electron chi connectivity index (χ1n) is 9.67. The summed E-state index contributed by atoms with van der Waals surface area (Å²) in [6.07, 6.45) is 3.01. The van der Waals surface area contributed by atoms with E-state index in [1.807, 2.05) is 26.8 Å². The fourth-order valence-electron chi connectivity index (χ4n) is 2.93. The SMILES string of the molecule is Cc1ccc(S(=O)(=O)N(CC(=O)N/N=C\c2ccccn2)c2cccc(C)c2C)cc1. The van der Waals surface area contributed by atoms with Crippen LogP contribution < -0.4 is 9.73 Å². The van der Waals surface area contributed by atoms with E-state index in [-0.39, 0.29) is 4.90 Å². The lowest BCUT2D eigenvalue weighted by atomic mass is 10.1. The van der Waals surface area contributed by atoms with Crippen LogP contribution in [0.25, 0.3) is 0 Å². The third-order valence-corrected chi connectivity index (χ3v) is 6.59. The van der Waals surface area contributed by atoms with Gasteiger partial charge >= 0.3 is 0 Å². The Morgan fingerprint density at radius 2 is 1.77 bits per heavy atom. The molecule has 1 heterocycles. The molecule has 1 aromatic heterocycles. The standard InChI is InChI=1S/C23H24N4O3S/c1-17-10-12-21(13-11-17)31(29,30)27(22-9-6-7-18(2)19(22)3)16-23(28)26-25-15-20-8-4-5-14-24-20/h4-15H,16H2,1-3H3,(H,26,28)/b25-15-. The number of hydrogen-bond donors (Lipinski definition) is 1. The van der Waals surface area contributed by atoms with Crippen molar-refractivity contribution < 1.29 is 13.2 Å². The van der Waals surface area contributed by atoms with Crippen molar-refractivity contribution in [3.63, 3.8) is 0 Å². The molecule has 0 saturated heterocycles. The van der Waals surface area contributed by atoms with E-state index < -0.39 is 22.5 Å². The molecule has 3 rings (SSSR count). The monoisotopic (exact) mass is 436 g/mol. The highest BCUT2D eigenvalue weighted by atomic mass is 32.2. The van der Waals surface area contributed by atoms with E-state index in [0.717, 1.165) is 21.0 Å². The predicted octanol–water partition coefficient (Wildman–Crippen LogP) is 3.35. The zero-order chi connectivity index (χ0) is 22.4. The van der Waals surface area contributed by atoms with Crippen LogP contribution in [0.3, 0.4) is 0 Å². The van der Waals surface area contributed by atoms with Crippen LogP contribution in [-0.2, 0) is 14.8 Å². The van der Waals surface area contributed by atoms with Crippen LogP contribution in [0.4, 0.5) is 5.69 Å². The van der Waals surface area contributed by atoms with Gasteiger partial charge in [-0.25, -0.2) is 13.8 Å². The molecule has 160 valence electrons. The molecule has 0 aliphatic heterocycles. The highest BCUT2D eigenvalue weighted by Crippen LogP contribution is 2.28. The van der Waals surface area contributed by atoms with Crippen molar-refractivity contribution in [2.45, 2.75) is 25.7 Å². The third-order valence-electron chi connectivity index (χ3n) is 4.81. The van der Waals surface area contributed by atoms with Gasteiger partial charge in [0.15, 0.2) is 0 Å². The molecular formula is C23H24N4O3S. The first-order chi connectivity index (χ1) is 14.8. The maximum atomic E-state index is 13.4. The number of pyridine rings is 1. The minimum absolute atomic E-state index is 0.115. The van der Waals surface area contributed by atoms with Crippen molar-refractivity contribution in [1.29, 1.82) is 0 Å². The lowest BCUT2D eigenvalue weighted by Gasteiger charge is -2.26. The highest BCUT2D eigenvalue weighted by Gasteiger charge is 2.28. The van der Waals surface area contributed by atoms with E-state index in [9.17, 15) is 13.2 Å². The van der Waals surface area contributed by atoms with E-state index in [4.69, 9.17) is 0 Å². The number of nitrogens with one attached hydrogen (secondary N) is 1. The molecule has 0 aliphatic carbocycles. The third kappa shape index (κ3) is 5.35. The zero-order valence-corrected chi connectivity index (χ0v) is 18.4. The Morgan fingerprint density at radius 1 is 1.03 bits per heavy atom. The van der Waals surface area contributed by atoms with Crippen molar-refractivity contribution in [2.24, 2.45) is 5.10 Å². The Labute approximate surface area is 182 Å². The number of rotatable bonds is 7. The van der Waals surface area contributed by atoms with E-state index >= 15 is 0 Å². The summed E-state index contributed by atoms with van der Waals surface area (Å²) in [4.78, 5) is 16.8. The van der Waals surface area contributed by atoms with Crippen molar-refractivity contribution >= 4 is 27.8 Å². The maximum absolute atomic E-state index is 13.4. The Kier molecular flexibility index (Phi) is 6.81. The molecule has 2 aromatic carbocycles. The molecule has 3 aromatic rings. The summed E-state index contributed by atoms with van der Waals surface area (Å²) >= 11 is 0. The summed E-state index contributed by atoms with van der Waals surface area (Å²) in [5.41, 5.74) is 6.05. The molecule has 1 amide bonds. The van der Waals surface area contributed by atoms with Gasteiger partial charge in [0, 0.05) is 6.20 Å². The number of hydrazone groups is 1. The van der Waals surface area contributed by atoms with E-state index in [1.165, 1.54) is 6.21 Å². The quantitative estimate of drug-likeness (QED) is 0.454. The molecule has 0 unspecified atom stereocenters. The van der Waals surface area contributed by atoms with Crippen molar-refractivity contribution in [3.8, 4) is 0 Å². The van der Waals surface area contributed by atoms with E-state index in [2.05, 4.69) is 15.5 Å². The van der Waals surface area contributed by atoms with Gasteiger partial charge in [-0.2, -0.15) is 5.10 Å². The first-order valence-corrected chi connectivity index (χ1v) is 11.1. The highest BCUT2D eigenvalue weighted by molar-refractivity contribution is 7.92. The van der Waals surface area contributed by atoms with Gasteiger partial charge in [-0.05, 0) is 62.2 Å². The molecule has 0 spiro atoms. The van der Waals surface area contributed by atoms with Gasteiger partial charge in [-0.15, -0.1) is 0 Å². The van der Waals surface area contributed by atoms with Crippen LogP contribution in [0, 0.1) is 20.8 Å². The predicted molar refractivity (Wildman–Crippen MR) is 122 cm³/mol. The number of sulfonamides is 1. The second-order valence-corrected chi connectivity index (χ2v) is 8.95. The minimum Gasteiger partial charge on any atom is -0.271 e. The molecule has 0 aliphatic rings. The molecule has 1 N–H and O–H groups in total. The maximum Gasteiger partial charge on any atom is 0.264 e. The normalized spacial score (nSPS) is 11.5. The summed E-state index contributed by atoms with van der Waals surface area (Å²) in [6, 6.07) is 17.2. The number of benzene rings is 2. The van der Waals surface area contributed by atoms with Crippen LogP contribution >= 0.6 is 0 Å². The first kappa shape index (κ1) is 22.2. The fraction of sp³-hybridized carbons (Fsp3) is 0.174. The number of aryl methyl sites for hydroxylation is 2. The van der Waals surface area contributed by atoms with Gasteiger partial charge in [0.1, 0.15) is 6.54 Å². The lowest BCUT2D eigenvalue weighted by molar-refractivity contribution is -0.119. The summed E-state index contributed by atoms with van der Waals surface area (Å²) in [7, 11) is -3.97. The number of carbonyl (C=O) groups excluding carboxylic acids is 1. The van der Waals surface area contributed by atoms with Gasteiger partial charge < -0.3 is 0 Å². The lowest BCUT2D eigenvalue weighted by Crippen LogP contribution is -2.40. The molecule has 0 atom stereocenters. The van der Waals surface area contributed by atoms with Gasteiger partial charge in [0.25, 0.3) is 15.9 Å². The van der Waals surface area contributed by atoms with Crippen molar-refractivity contribution in [2.75, 3.05) is 10.8 Å². The Hall–Kier alpha value is -3.52. The van der Waals surface area contributed by atoms with E-state index in [1.54, 1.807) is 60.8 Å². The fourth-order valence-corrected chi connectivity index (χ4v) is 4.41. The second kappa shape index (κ2) is 9.53. The van der Waals surface area contributed by atoms with E-state index in [0.29, 0.717) is 11.4 Å². The zero-order valence-electron chi connectivity index (χ0n) is 17.6. The summed E-state index contributed by atoms with van der Waals surface area (Å²) in [6.45, 7) is 5.19. The Balaban J connectivity index is 1.91. The van der Waals surface area contributed by atoms with Crippen LogP contribution in [0.15, 0.2) is 76.9 Å². The molecule has 0 bridgehead atoms. The molecular weight excluding hydrogens is 412 g/mol. The molecule has 31 heavy (non-hydrogen) atoms. The van der Waals surface area contributed by atoms with Crippen molar-refractivity contribution in [1.82, 2.24) is 10.4 Å². The van der Waals surface area contributed by atoms with Crippen LogP contribution in [0.2, 0.25) is 0 Å². The molecule has 0 saturated carbocycles. The van der Waals surface area contributed by atoms with Crippen LogP contribution in [-0.4, -0.2) is 32.1 Å². The van der Waals surface area contributed by atoms with Gasteiger partial charge in [-0.3, -0.25) is 14.1 Å². The van der Waals surface area contributed by atoms with Gasteiger partial charge in [0.2, 0.25) is 0 Å². The Morgan fingerprint density at radius 3 is 2.45 bits per heavy atom. The molecule has 0 fully saturated rings. The van der Waals surface area contributed by atoms with Crippen LogP contribution in [0.1, 0.15) is 22.4 Å². The second-order valence-electron chi connectivity index (χ2n) is 7.09. The largest absolute Gasteiger partial charge is 0.271 e.